The van der Waals surface area contributed by atoms with Crippen LogP contribution in [0.15, 0.2) is 48.7 Å². The number of H-pyrrole nitrogens is 1. The highest BCUT2D eigenvalue weighted by Gasteiger charge is 2.26. The van der Waals surface area contributed by atoms with Gasteiger partial charge in [0.05, 0.1) is 19.3 Å². The van der Waals surface area contributed by atoms with Gasteiger partial charge in [0.2, 0.25) is 0 Å². The molecule has 132 valence electrons. The molecule has 25 heavy (non-hydrogen) atoms. The van der Waals surface area contributed by atoms with Crippen molar-refractivity contribution in [2.24, 2.45) is 0 Å². The average molecular weight is 361 g/mol. The number of quaternary nitrogens is 1. The van der Waals surface area contributed by atoms with Crippen molar-refractivity contribution in [2.75, 3.05) is 37.6 Å². The lowest BCUT2D eigenvalue weighted by Crippen LogP contribution is -2.87. The van der Waals surface area contributed by atoms with E-state index in [0.29, 0.717) is 6.54 Å². The summed E-state index contributed by atoms with van der Waals surface area (Å²) >= 11 is 6.04. The van der Waals surface area contributed by atoms with Crippen LogP contribution in [0.2, 0.25) is 5.02 Å². The van der Waals surface area contributed by atoms with Gasteiger partial charge in [0.25, 0.3) is 11.7 Å². The van der Waals surface area contributed by atoms with Crippen LogP contribution in [0.3, 0.4) is 0 Å². The maximum atomic E-state index is 12.5. The molecule has 6 heteroatoms. The van der Waals surface area contributed by atoms with Gasteiger partial charge < -0.3 is 10.2 Å². The fraction of sp³-hybridized carbons (Fsp3) is 0.368. The van der Waals surface area contributed by atoms with Gasteiger partial charge in [-0.3, -0.25) is 9.69 Å². The van der Waals surface area contributed by atoms with Crippen LogP contribution in [0.1, 0.15) is 18.5 Å². The van der Waals surface area contributed by atoms with Gasteiger partial charge in [-0.25, -0.2) is 4.98 Å². The predicted molar refractivity (Wildman–Crippen MR) is 98.5 cm³/mol. The van der Waals surface area contributed by atoms with E-state index in [2.05, 4.69) is 28.2 Å². The van der Waals surface area contributed by atoms with E-state index in [4.69, 9.17) is 11.6 Å². The molecule has 0 saturated carbocycles. The average Bonchev–Trinajstić information content (AvgIpc) is 2.66. The van der Waals surface area contributed by atoms with Gasteiger partial charge in [0, 0.05) is 16.7 Å². The normalized spacial score (nSPS) is 15.9. The SMILES string of the molecule is C[C@@H]([NH2+]CC(=O)N1CCN(c2cccc[nH+]2)CC1)c1cccc(Cl)c1. The Hall–Kier alpha value is -2.11. The van der Waals surface area contributed by atoms with Crippen LogP contribution in [0.4, 0.5) is 5.82 Å². The van der Waals surface area contributed by atoms with Gasteiger partial charge >= 0.3 is 0 Å². The number of pyridine rings is 1. The molecule has 3 N–H and O–H groups in total. The van der Waals surface area contributed by atoms with Crippen molar-refractivity contribution in [3.63, 3.8) is 0 Å². The molecule has 0 spiro atoms. The highest BCUT2D eigenvalue weighted by atomic mass is 35.5. The van der Waals surface area contributed by atoms with E-state index in [-0.39, 0.29) is 11.9 Å². The summed E-state index contributed by atoms with van der Waals surface area (Å²) in [6.07, 6.45) is 1.93. The van der Waals surface area contributed by atoms with Crippen molar-refractivity contribution in [2.45, 2.75) is 13.0 Å². The van der Waals surface area contributed by atoms with Gasteiger partial charge in [-0.15, -0.1) is 0 Å². The van der Waals surface area contributed by atoms with Crippen LogP contribution in [-0.4, -0.2) is 43.5 Å². The zero-order valence-electron chi connectivity index (χ0n) is 14.5. The summed E-state index contributed by atoms with van der Waals surface area (Å²) in [6.45, 7) is 5.81. The zero-order chi connectivity index (χ0) is 17.6. The Balaban J connectivity index is 1.46. The fourth-order valence-corrected chi connectivity index (χ4v) is 3.31. The van der Waals surface area contributed by atoms with Gasteiger partial charge in [-0.2, -0.15) is 0 Å². The first kappa shape index (κ1) is 17.7. The summed E-state index contributed by atoms with van der Waals surface area (Å²) in [7, 11) is 0. The summed E-state index contributed by atoms with van der Waals surface area (Å²) in [5, 5.41) is 2.81. The van der Waals surface area contributed by atoms with Crippen molar-refractivity contribution in [3.8, 4) is 0 Å². The Kier molecular flexibility index (Phi) is 5.89. The molecule has 0 bridgehead atoms. The van der Waals surface area contributed by atoms with Crippen molar-refractivity contribution in [3.05, 3.63) is 59.2 Å². The van der Waals surface area contributed by atoms with E-state index in [0.717, 1.165) is 42.6 Å². The number of benzene rings is 1. The zero-order valence-corrected chi connectivity index (χ0v) is 15.2. The maximum Gasteiger partial charge on any atom is 0.277 e. The molecule has 1 amide bonds. The van der Waals surface area contributed by atoms with E-state index in [9.17, 15) is 4.79 Å². The Labute approximate surface area is 153 Å². The monoisotopic (exact) mass is 360 g/mol. The molecule has 1 aliphatic rings. The number of aromatic amines is 1. The van der Waals surface area contributed by atoms with E-state index < -0.39 is 0 Å². The highest BCUT2D eigenvalue weighted by Crippen LogP contribution is 2.14. The molecule has 0 radical (unpaired) electrons. The quantitative estimate of drug-likeness (QED) is 0.869. The summed E-state index contributed by atoms with van der Waals surface area (Å²) in [4.78, 5) is 20.0. The molecule has 0 aliphatic carbocycles. The molecule has 1 aromatic carbocycles. The van der Waals surface area contributed by atoms with Crippen molar-refractivity contribution < 1.29 is 15.1 Å². The number of aromatic nitrogens is 1. The lowest BCUT2D eigenvalue weighted by molar-refractivity contribution is -0.683. The molecule has 1 atom stereocenters. The number of amides is 1. The minimum Gasteiger partial charge on any atom is -0.333 e. The third-order valence-electron chi connectivity index (χ3n) is 4.69. The van der Waals surface area contributed by atoms with E-state index in [1.165, 1.54) is 0 Å². The van der Waals surface area contributed by atoms with Crippen molar-refractivity contribution in [1.29, 1.82) is 0 Å². The topological polar surface area (TPSA) is 54.3 Å². The third kappa shape index (κ3) is 4.71. The summed E-state index contributed by atoms with van der Waals surface area (Å²) in [6, 6.07) is 14.1. The molecule has 1 aromatic heterocycles. The Morgan fingerprint density at radius 3 is 2.68 bits per heavy atom. The number of nitrogens with zero attached hydrogens (tertiary/aromatic N) is 2. The summed E-state index contributed by atoms with van der Waals surface area (Å²) in [5.41, 5.74) is 1.14. The standard InChI is InChI=1S/C19H23ClN4O/c1-15(16-5-4-6-17(20)13-16)22-14-19(25)24-11-9-23(10-12-24)18-7-2-3-8-21-18/h2-8,13,15,22H,9-12,14H2,1H3/p+2/t15-/m1/s1. The van der Waals surface area contributed by atoms with E-state index in [1.807, 2.05) is 47.5 Å². The van der Waals surface area contributed by atoms with Crippen molar-refractivity contribution >= 4 is 23.3 Å². The Morgan fingerprint density at radius 1 is 1.20 bits per heavy atom. The minimum atomic E-state index is 0.200. The Morgan fingerprint density at radius 2 is 2.00 bits per heavy atom. The number of anilines is 1. The van der Waals surface area contributed by atoms with Gasteiger partial charge in [0.15, 0.2) is 6.54 Å². The molecule has 3 rings (SSSR count). The Bertz CT molecular complexity index is 702. The number of nitrogens with one attached hydrogen (secondary N) is 1. The molecule has 1 saturated heterocycles. The molecule has 2 heterocycles. The maximum absolute atomic E-state index is 12.5. The first-order valence-electron chi connectivity index (χ1n) is 8.72. The van der Waals surface area contributed by atoms with Crippen molar-refractivity contribution in [1.82, 2.24) is 4.90 Å². The first-order chi connectivity index (χ1) is 12.1. The lowest BCUT2D eigenvalue weighted by Gasteiger charge is -2.30. The van der Waals surface area contributed by atoms with Crippen LogP contribution >= 0.6 is 11.6 Å². The molecule has 2 aromatic rings. The summed E-state index contributed by atoms with van der Waals surface area (Å²) in [5.74, 6) is 1.31. The highest BCUT2D eigenvalue weighted by molar-refractivity contribution is 6.30. The predicted octanol–water partition coefficient (Wildman–Crippen LogP) is 1.13. The number of halogens is 1. The number of carbonyl (C=O) groups excluding carboxylic acids is 1. The number of hydrogen-bond donors (Lipinski definition) is 1. The third-order valence-corrected chi connectivity index (χ3v) is 4.92. The number of hydrogen-bond acceptors (Lipinski definition) is 2. The van der Waals surface area contributed by atoms with Crippen LogP contribution in [0.5, 0.6) is 0 Å². The van der Waals surface area contributed by atoms with Crippen LogP contribution in [0, 0.1) is 0 Å². The molecule has 0 unspecified atom stereocenters. The van der Waals surface area contributed by atoms with Gasteiger partial charge in [-0.1, -0.05) is 29.8 Å². The smallest absolute Gasteiger partial charge is 0.277 e. The number of nitrogens with two attached hydrogens (primary N) is 1. The summed E-state index contributed by atoms with van der Waals surface area (Å²) < 4.78 is 0. The van der Waals surface area contributed by atoms with Crippen LogP contribution in [-0.2, 0) is 4.79 Å². The first-order valence-corrected chi connectivity index (χ1v) is 9.09. The molecule has 1 fully saturated rings. The van der Waals surface area contributed by atoms with Crippen LogP contribution < -0.4 is 15.2 Å². The molecule has 5 nitrogen and oxygen atoms in total. The molecule has 1 aliphatic heterocycles. The van der Waals surface area contributed by atoms with E-state index in [1.54, 1.807) is 0 Å². The lowest BCUT2D eigenvalue weighted by atomic mass is 10.1. The molecular formula is C19H25ClN4O+2. The number of rotatable bonds is 5. The minimum absolute atomic E-state index is 0.200. The second-order valence-corrected chi connectivity index (χ2v) is 6.84. The number of carbonyl (C=O) groups is 1. The molecular weight excluding hydrogens is 336 g/mol. The van der Waals surface area contributed by atoms with E-state index >= 15 is 0 Å². The van der Waals surface area contributed by atoms with Crippen LogP contribution in [0.25, 0.3) is 0 Å². The largest absolute Gasteiger partial charge is 0.333 e. The number of piperazine rings is 1. The second-order valence-electron chi connectivity index (χ2n) is 6.40. The second kappa shape index (κ2) is 8.32. The van der Waals surface area contributed by atoms with Gasteiger partial charge in [0.1, 0.15) is 19.1 Å². The fourth-order valence-electron chi connectivity index (χ4n) is 3.11. The van der Waals surface area contributed by atoms with Gasteiger partial charge in [-0.05, 0) is 25.1 Å².